The van der Waals surface area contributed by atoms with Gasteiger partial charge in [0, 0.05) is 18.0 Å². The Hall–Kier alpha value is -2.60. The minimum absolute atomic E-state index is 0.586. The molecule has 2 rings (SSSR count). The topological polar surface area (TPSA) is 45.9 Å². The SMILES string of the molecule is COc1cc(/C=C(\C#N)c2cccnc2)cc(C)c1C. The van der Waals surface area contributed by atoms with Crippen LogP contribution in [-0.2, 0) is 0 Å². The summed E-state index contributed by atoms with van der Waals surface area (Å²) in [5.74, 6) is 0.833. The lowest BCUT2D eigenvalue weighted by Crippen LogP contribution is -1.92. The number of aryl methyl sites for hydroxylation is 1. The standard InChI is InChI=1S/C17H16N2O/c1-12-7-14(9-17(20-3)13(12)2)8-16(10-18)15-5-4-6-19-11-15/h4-9,11H,1-3H3/b16-8+. The van der Waals surface area contributed by atoms with Gasteiger partial charge in [-0.3, -0.25) is 4.98 Å². The molecule has 0 bridgehead atoms. The molecular weight excluding hydrogens is 248 g/mol. The molecule has 0 unspecified atom stereocenters. The molecular formula is C17H16N2O. The number of allylic oxidation sites excluding steroid dienone is 1. The Kier molecular flexibility index (Phi) is 4.17. The first kappa shape index (κ1) is 13.8. The highest BCUT2D eigenvalue weighted by Crippen LogP contribution is 2.26. The molecule has 0 saturated carbocycles. The molecule has 0 spiro atoms. The zero-order valence-corrected chi connectivity index (χ0v) is 11.8. The number of hydrogen-bond donors (Lipinski definition) is 0. The van der Waals surface area contributed by atoms with Gasteiger partial charge in [0.15, 0.2) is 0 Å². The van der Waals surface area contributed by atoms with Gasteiger partial charge in [0.1, 0.15) is 5.75 Å². The molecule has 0 aliphatic rings. The van der Waals surface area contributed by atoms with E-state index < -0.39 is 0 Å². The van der Waals surface area contributed by atoms with Crippen molar-refractivity contribution >= 4 is 11.6 Å². The Morgan fingerprint density at radius 2 is 2.15 bits per heavy atom. The first-order valence-electron chi connectivity index (χ1n) is 6.33. The maximum Gasteiger partial charge on any atom is 0.122 e. The fraction of sp³-hybridized carbons (Fsp3) is 0.176. The molecule has 0 saturated heterocycles. The Labute approximate surface area is 119 Å². The van der Waals surface area contributed by atoms with Gasteiger partial charge < -0.3 is 4.74 Å². The van der Waals surface area contributed by atoms with Crippen LogP contribution in [0.4, 0.5) is 0 Å². The van der Waals surface area contributed by atoms with E-state index >= 15 is 0 Å². The number of benzene rings is 1. The lowest BCUT2D eigenvalue weighted by molar-refractivity contribution is 0.411. The van der Waals surface area contributed by atoms with Crippen LogP contribution in [-0.4, -0.2) is 12.1 Å². The van der Waals surface area contributed by atoms with Crippen molar-refractivity contribution in [1.29, 1.82) is 5.26 Å². The predicted molar refractivity (Wildman–Crippen MR) is 80.2 cm³/mol. The van der Waals surface area contributed by atoms with Crippen LogP contribution in [0, 0.1) is 25.2 Å². The number of nitriles is 1. The van der Waals surface area contributed by atoms with E-state index in [1.54, 1.807) is 19.5 Å². The summed E-state index contributed by atoms with van der Waals surface area (Å²) < 4.78 is 5.36. The first-order valence-corrected chi connectivity index (χ1v) is 6.33. The number of methoxy groups -OCH3 is 1. The number of pyridine rings is 1. The zero-order chi connectivity index (χ0) is 14.5. The molecule has 0 atom stereocenters. The van der Waals surface area contributed by atoms with Crippen molar-refractivity contribution in [3.8, 4) is 11.8 Å². The van der Waals surface area contributed by atoms with Crippen molar-refractivity contribution in [3.05, 3.63) is 58.9 Å². The van der Waals surface area contributed by atoms with E-state index in [2.05, 4.69) is 11.1 Å². The Balaban J connectivity index is 2.49. The summed E-state index contributed by atoms with van der Waals surface area (Å²) in [7, 11) is 1.65. The summed E-state index contributed by atoms with van der Waals surface area (Å²) in [4.78, 5) is 4.04. The van der Waals surface area contributed by atoms with Crippen LogP contribution in [0.3, 0.4) is 0 Å². The zero-order valence-electron chi connectivity index (χ0n) is 11.8. The van der Waals surface area contributed by atoms with E-state index in [1.807, 2.05) is 44.2 Å². The Bertz CT molecular complexity index is 682. The number of ether oxygens (including phenoxy) is 1. The van der Waals surface area contributed by atoms with Crippen molar-refractivity contribution in [2.75, 3.05) is 7.11 Å². The van der Waals surface area contributed by atoms with Crippen molar-refractivity contribution in [2.24, 2.45) is 0 Å². The molecule has 1 aromatic heterocycles. The van der Waals surface area contributed by atoms with Crippen LogP contribution in [0.5, 0.6) is 5.75 Å². The summed E-state index contributed by atoms with van der Waals surface area (Å²) in [5.41, 5.74) is 4.60. The summed E-state index contributed by atoms with van der Waals surface area (Å²) in [6.45, 7) is 4.05. The molecule has 0 amide bonds. The van der Waals surface area contributed by atoms with Gasteiger partial charge in [0.2, 0.25) is 0 Å². The van der Waals surface area contributed by atoms with Crippen LogP contribution in [0.25, 0.3) is 11.6 Å². The van der Waals surface area contributed by atoms with Gasteiger partial charge in [-0.2, -0.15) is 5.26 Å². The highest BCUT2D eigenvalue weighted by Gasteiger charge is 2.06. The molecule has 0 aliphatic heterocycles. The van der Waals surface area contributed by atoms with Gasteiger partial charge >= 0.3 is 0 Å². The first-order chi connectivity index (χ1) is 9.65. The van der Waals surface area contributed by atoms with E-state index in [4.69, 9.17) is 4.74 Å². The molecule has 0 aliphatic carbocycles. The van der Waals surface area contributed by atoms with Crippen LogP contribution < -0.4 is 4.74 Å². The predicted octanol–water partition coefficient (Wildman–Crippen LogP) is 3.77. The van der Waals surface area contributed by atoms with Gasteiger partial charge in [0.05, 0.1) is 18.8 Å². The molecule has 20 heavy (non-hydrogen) atoms. The van der Waals surface area contributed by atoms with E-state index in [9.17, 15) is 5.26 Å². The van der Waals surface area contributed by atoms with Gasteiger partial charge in [-0.15, -0.1) is 0 Å². The van der Waals surface area contributed by atoms with Crippen LogP contribution in [0.1, 0.15) is 22.3 Å². The number of nitrogens with zero attached hydrogens (tertiary/aromatic N) is 2. The second kappa shape index (κ2) is 6.03. The van der Waals surface area contributed by atoms with Crippen molar-refractivity contribution < 1.29 is 4.74 Å². The number of aromatic nitrogens is 1. The van der Waals surface area contributed by atoms with Crippen molar-refractivity contribution in [1.82, 2.24) is 4.98 Å². The largest absolute Gasteiger partial charge is 0.496 e. The minimum Gasteiger partial charge on any atom is -0.496 e. The fourth-order valence-electron chi connectivity index (χ4n) is 2.02. The van der Waals surface area contributed by atoms with E-state index in [-0.39, 0.29) is 0 Å². The third-order valence-electron chi connectivity index (χ3n) is 3.27. The lowest BCUT2D eigenvalue weighted by atomic mass is 10.0. The smallest absolute Gasteiger partial charge is 0.122 e. The quantitative estimate of drug-likeness (QED) is 0.793. The van der Waals surface area contributed by atoms with E-state index in [0.29, 0.717) is 5.57 Å². The summed E-state index contributed by atoms with van der Waals surface area (Å²) in [6, 6.07) is 9.90. The molecule has 0 N–H and O–H groups in total. The Morgan fingerprint density at radius 1 is 1.35 bits per heavy atom. The summed E-state index contributed by atoms with van der Waals surface area (Å²) in [5, 5.41) is 9.31. The fourth-order valence-corrected chi connectivity index (χ4v) is 2.02. The van der Waals surface area contributed by atoms with Gasteiger partial charge in [-0.05, 0) is 48.7 Å². The molecule has 3 nitrogen and oxygen atoms in total. The minimum atomic E-state index is 0.586. The average Bonchev–Trinajstić information content (AvgIpc) is 2.49. The van der Waals surface area contributed by atoms with E-state index in [1.165, 1.54) is 0 Å². The van der Waals surface area contributed by atoms with Gasteiger partial charge in [-0.25, -0.2) is 0 Å². The maximum absolute atomic E-state index is 9.31. The summed E-state index contributed by atoms with van der Waals surface area (Å²) in [6.07, 6.45) is 5.23. The average molecular weight is 264 g/mol. The van der Waals surface area contributed by atoms with Crippen LogP contribution in [0.2, 0.25) is 0 Å². The third-order valence-corrected chi connectivity index (χ3v) is 3.27. The monoisotopic (exact) mass is 264 g/mol. The molecule has 100 valence electrons. The second-order valence-corrected chi connectivity index (χ2v) is 4.58. The van der Waals surface area contributed by atoms with Crippen LogP contribution >= 0.6 is 0 Å². The summed E-state index contributed by atoms with van der Waals surface area (Å²) >= 11 is 0. The normalized spacial score (nSPS) is 11.0. The molecule has 1 heterocycles. The maximum atomic E-state index is 9.31. The molecule has 3 heteroatoms. The van der Waals surface area contributed by atoms with Gasteiger partial charge in [0.25, 0.3) is 0 Å². The third kappa shape index (κ3) is 2.86. The van der Waals surface area contributed by atoms with E-state index in [0.717, 1.165) is 28.0 Å². The number of rotatable bonds is 3. The second-order valence-electron chi connectivity index (χ2n) is 4.58. The van der Waals surface area contributed by atoms with Gasteiger partial charge in [-0.1, -0.05) is 12.1 Å². The molecule has 2 aromatic rings. The number of hydrogen-bond acceptors (Lipinski definition) is 3. The lowest BCUT2D eigenvalue weighted by Gasteiger charge is -2.09. The Morgan fingerprint density at radius 3 is 2.75 bits per heavy atom. The van der Waals surface area contributed by atoms with Crippen molar-refractivity contribution in [3.63, 3.8) is 0 Å². The molecule has 0 radical (unpaired) electrons. The van der Waals surface area contributed by atoms with Crippen LogP contribution in [0.15, 0.2) is 36.7 Å². The van der Waals surface area contributed by atoms with Crippen molar-refractivity contribution in [2.45, 2.75) is 13.8 Å². The highest BCUT2D eigenvalue weighted by molar-refractivity contribution is 5.89. The molecule has 0 fully saturated rings. The molecule has 1 aromatic carbocycles. The highest BCUT2D eigenvalue weighted by atomic mass is 16.5.